The monoisotopic (exact) mass is 330 g/mol. The summed E-state index contributed by atoms with van der Waals surface area (Å²) in [6, 6.07) is 1.13. The lowest BCUT2D eigenvalue weighted by Crippen LogP contribution is -2.54. The minimum absolute atomic E-state index is 0.0719. The van der Waals surface area contributed by atoms with Crippen LogP contribution in [-0.2, 0) is 0 Å². The van der Waals surface area contributed by atoms with Gasteiger partial charge in [0.25, 0.3) is 5.91 Å². The predicted octanol–water partition coefficient (Wildman–Crippen LogP) is 1.10. The number of nitrogens with one attached hydrogen (secondary N) is 1. The molecule has 1 saturated heterocycles. The number of phenolic OH excluding ortho intramolecular Hbond substituents is 1. The van der Waals surface area contributed by atoms with E-state index in [9.17, 15) is 14.3 Å². The van der Waals surface area contributed by atoms with Gasteiger partial charge >= 0.3 is 0 Å². The minimum Gasteiger partial charge on any atom is -0.507 e. The average Bonchev–Trinajstić information content (AvgIpc) is 2.55. The van der Waals surface area contributed by atoms with E-state index in [1.165, 1.54) is 6.07 Å². The van der Waals surface area contributed by atoms with E-state index in [2.05, 4.69) is 21.2 Å². The van der Waals surface area contributed by atoms with Crippen LogP contribution >= 0.6 is 15.9 Å². The van der Waals surface area contributed by atoms with Crippen LogP contribution in [0.25, 0.3) is 0 Å². The minimum atomic E-state index is -0.740. The average molecular weight is 331 g/mol. The number of hydrogen-bond donors (Lipinski definition) is 2. The Kier molecular flexibility index (Phi) is 3.10. The van der Waals surface area contributed by atoms with Crippen LogP contribution in [0.1, 0.15) is 10.4 Å². The van der Waals surface area contributed by atoms with Crippen LogP contribution in [0, 0.1) is 5.82 Å². The zero-order valence-corrected chi connectivity index (χ0v) is 11.5. The van der Waals surface area contributed by atoms with Crippen molar-refractivity contribution in [1.82, 2.24) is 10.2 Å². The molecule has 102 valence electrons. The number of nitrogens with zero attached hydrogens (tertiary/aromatic N) is 1. The smallest absolute Gasteiger partial charge is 0.258 e. The summed E-state index contributed by atoms with van der Waals surface area (Å²) < 4.78 is 19.4. The van der Waals surface area contributed by atoms with Gasteiger partial charge in [-0.1, -0.05) is 0 Å². The predicted molar refractivity (Wildman–Crippen MR) is 69.0 cm³/mol. The Morgan fingerprint density at radius 3 is 3.16 bits per heavy atom. The molecule has 0 aliphatic carbocycles. The van der Waals surface area contributed by atoms with Gasteiger partial charge in [0.15, 0.2) is 11.6 Å². The molecule has 0 unspecified atom stereocenters. The van der Waals surface area contributed by atoms with Crippen LogP contribution < -0.4 is 10.1 Å². The van der Waals surface area contributed by atoms with Crippen LogP contribution in [0.2, 0.25) is 0 Å². The molecular formula is C12H12BrFN2O3. The summed E-state index contributed by atoms with van der Waals surface area (Å²) in [6.07, 6.45) is 0. The lowest BCUT2D eigenvalue weighted by molar-refractivity contribution is 0.0605. The molecule has 0 radical (unpaired) electrons. The normalized spacial score (nSPS) is 22.3. The van der Waals surface area contributed by atoms with Crippen molar-refractivity contribution in [2.24, 2.45) is 0 Å². The summed E-state index contributed by atoms with van der Waals surface area (Å²) in [5, 5.41) is 12.8. The molecule has 2 aliphatic rings. The van der Waals surface area contributed by atoms with Gasteiger partial charge in [-0.2, -0.15) is 0 Å². The van der Waals surface area contributed by atoms with Crippen LogP contribution in [0.3, 0.4) is 0 Å². The van der Waals surface area contributed by atoms with Gasteiger partial charge in [-0.15, -0.1) is 0 Å². The number of fused-ring (bicyclic) bond motifs is 2. The molecular weight excluding hydrogens is 319 g/mol. The van der Waals surface area contributed by atoms with Crippen molar-refractivity contribution in [2.45, 2.75) is 6.04 Å². The number of carbonyl (C=O) groups is 1. The lowest BCUT2D eigenvalue weighted by Gasteiger charge is -2.33. The van der Waals surface area contributed by atoms with Crippen LogP contribution in [0.5, 0.6) is 11.5 Å². The molecule has 19 heavy (non-hydrogen) atoms. The molecule has 2 aliphatic heterocycles. The van der Waals surface area contributed by atoms with Gasteiger partial charge in [0, 0.05) is 19.6 Å². The van der Waals surface area contributed by atoms with Crippen molar-refractivity contribution in [3.8, 4) is 11.5 Å². The number of benzene rings is 1. The Morgan fingerprint density at radius 1 is 1.58 bits per heavy atom. The highest BCUT2D eigenvalue weighted by Crippen LogP contribution is 2.38. The van der Waals surface area contributed by atoms with Gasteiger partial charge in [0.1, 0.15) is 12.4 Å². The summed E-state index contributed by atoms with van der Waals surface area (Å²) in [6.45, 7) is 2.10. The number of hydrogen-bond acceptors (Lipinski definition) is 4. The third kappa shape index (κ3) is 1.97. The second kappa shape index (κ2) is 4.64. The molecule has 0 bridgehead atoms. The second-order valence-corrected chi connectivity index (χ2v) is 5.36. The number of halogens is 2. The summed E-state index contributed by atoms with van der Waals surface area (Å²) in [4.78, 5) is 14.1. The topological polar surface area (TPSA) is 61.8 Å². The second-order valence-electron chi connectivity index (χ2n) is 4.57. The zero-order valence-electron chi connectivity index (χ0n) is 9.95. The van der Waals surface area contributed by atoms with Gasteiger partial charge in [-0.3, -0.25) is 4.79 Å². The van der Waals surface area contributed by atoms with Gasteiger partial charge in [-0.05, 0) is 22.0 Å². The maximum atomic E-state index is 14.1. The fraction of sp³-hybridized carbons (Fsp3) is 0.417. The van der Waals surface area contributed by atoms with Gasteiger partial charge < -0.3 is 20.1 Å². The Morgan fingerprint density at radius 2 is 2.37 bits per heavy atom. The summed E-state index contributed by atoms with van der Waals surface area (Å²) in [7, 11) is 0. The SMILES string of the molecule is O=C1c2cc(O)c(Br)c(F)c2OC[C@H]2CNCCN12. The van der Waals surface area contributed by atoms with Crippen LogP contribution in [-0.4, -0.2) is 48.2 Å². The highest BCUT2D eigenvalue weighted by atomic mass is 79.9. The fourth-order valence-corrected chi connectivity index (χ4v) is 2.70. The van der Waals surface area contributed by atoms with E-state index in [0.29, 0.717) is 19.6 Å². The molecule has 0 aromatic heterocycles. The number of ether oxygens (including phenoxy) is 1. The van der Waals surface area contributed by atoms with E-state index >= 15 is 0 Å². The summed E-state index contributed by atoms with van der Waals surface area (Å²) in [5.74, 6) is -1.44. The standard InChI is InChI=1S/C12H12BrFN2O3/c13-9-8(17)3-7-11(10(9)14)19-5-6-4-15-1-2-16(6)12(7)18/h3,6,15,17H,1-2,4-5H2/t6-/m1/s1. The quantitative estimate of drug-likeness (QED) is 0.747. The summed E-state index contributed by atoms with van der Waals surface area (Å²) in [5.41, 5.74) is 0.0719. The number of phenols is 1. The van der Waals surface area contributed by atoms with Gasteiger partial charge in [0.05, 0.1) is 16.1 Å². The summed E-state index contributed by atoms with van der Waals surface area (Å²) >= 11 is 2.94. The van der Waals surface area contributed by atoms with Crippen molar-refractivity contribution < 1.29 is 19.0 Å². The first-order chi connectivity index (χ1) is 9.09. The van der Waals surface area contributed by atoms with E-state index in [1.807, 2.05) is 0 Å². The molecule has 5 nitrogen and oxygen atoms in total. The molecule has 1 aromatic rings. The van der Waals surface area contributed by atoms with Crippen molar-refractivity contribution >= 4 is 21.8 Å². The molecule has 2 N–H and O–H groups in total. The number of amides is 1. The van der Waals surface area contributed by atoms with Gasteiger partial charge in [-0.25, -0.2) is 4.39 Å². The van der Waals surface area contributed by atoms with Gasteiger partial charge in [0.2, 0.25) is 0 Å². The first-order valence-corrected chi connectivity index (χ1v) is 6.74. The third-order valence-corrected chi connectivity index (χ3v) is 4.16. The highest BCUT2D eigenvalue weighted by Gasteiger charge is 2.35. The fourth-order valence-electron chi connectivity index (χ4n) is 2.41. The van der Waals surface area contributed by atoms with E-state index in [1.54, 1.807) is 4.90 Å². The maximum absolute atomic E-state index is 14.1. The van der Waals surface area contributed by atoms with E-state index in [-0.39, 0.29) is 40.1 Å². The third-order valence-electron chi connectivity index (χ3n) is 3.40. The molecule has 7 heteroatoms. The first kappa shape index (κ1) is 12.7. The van der Waals surface area contributed by atoms with Crippen molar-refractivity contribution in [1.29, 1.82) is 0 Å². The highest BCUT2D eigenvalue weighted by molar-refractivity contribution is 9.10. The molecule has 1 aromatic carbocycles. The molecule has 3 rings (SSSR count). The van der Waals surface area contributed by atoms with E-state index in [4.69, 9.17) is 4.74 Å². The Labute approximate surface area is 117 Å². The molecule has 0 spiro atoms. The Balaban J connectivity index is 2.10. The molecule has 1 fully saturated rings. The Hall–Kier alpha value is -1.34. The first-order valence-electron chi connectivity index (χ1n) is 5.95. The van der Waals surface area contributed by atoms with Crippen LogP contribution in [0.4, 0.5) is 4.39 Å². The van der Waals surface area contributed by atoms with Crippen LogP contribution in [0.15, 0.2) is 10.5 Å². The molecule has 1 atom stereocenters. The maximum Gasteiger partial charge on any atom is 0.258 e. The largest absolute Gasteiger partial charge is 0.507 e. The van der Waals surface area contributed by atoms with E-state index < -0.39 is 5.82 Å². The number of rotatable bonds is 0. The molecule has 1 amide bonds. The molecule has 2 heterocycles. The van der Waals surface area contributed by atoms with Crippen molar-refractivity contribution in [2.75, 3.05) is 26.2 Å². The lowest BCUT2D eigenvalue weighted by atomic mass is 10.1. The number of aromatic hydroxyl groups is 1. The zero-order chi connectivity index (χ0) is 13.6. The van der Waals surface area contributed by atoms with E-state index in [0.717, 1.165) is 0 Å². The number of piperazine rings is 1. The van der Waals surface area contributed by atoms with Crippen molar-refractivity contribution in [3.63, 3.8) is 0 Å². The number of carbonyl (C=O) groups excluding carboxylic acids is 1. The Bertz CT molecular complexity index is 552. The molecule has 0 saturated carbocycles. The van der Waals surface area contributed by atoms with Crippen molar-refractivity contribution in [3.05, 3.63) is 21.9 Å².